The highest BCUT2D eigenvalue weighted by atomic mass is 14.9. The first-order valence-corrected chi connectivity index (χ1v) is 5.36. The molecule has 0 bridgehead atoms. The van der Waals surface area contributed by atoms with Crippen LogP contribution in [0.25, 0.3) is 10.9 Å². The van der Waals surface area contributed by atoms with Gasteiger partial charge in [0, 0.05) is 30.2 Å². The van der Waals surface area contributed by atoms with E-state index >= 15 is 0 Å². The topological polar surface area (TPSA) is 40.8 Å². The molecular weight excluding hydrogens is 198 g/mol. The average molecular weight is 213 g/mol. The van der Waals surface area contributed by atoms with Crippen molar-refractivity contribution in [3.05, 3.63) is 36.0 Å². The molecule has 3 nitrogen and oxygen atoms in total. The normalized spacial score (nSPS) is 12.6. The van der Waals surface area contributed by atoms with Crippen LogP contribution in [0.1, 0.15) is 18.0 Å². The van der Waals surface area contributed by atoms with Gasteiger partial charge >= 0.3 is 0 Å². The number of hydrogen-bond donors (Lipinski definition) is 1. The molecule has 2 aromatic rings. The summed E-state index contributed by atoms with van der Waals surface area (Å²) in [5, 5.41) is 13.2. The van der Waals surface area contributed by atoms with Crippen LogP contribution in [0.4, 0.5) is 0 Å². The smallest absolute Gasteiger partial charge is 0.0641 e. The number of aromatic nitrogens is 1. The maximum atomic E-state index is 8.81. The zero-order valence-corrected chi connectivity index (χ0v) is 9.57. The summed E-state index contributed by atoms with van der Waals surface area (Å²) in [6.45, 7) is 0. The van der Waals surface area contributed by atoms with Gasteiger partial charge in [-0.15, -0.1) is 0 Å². The van der Waals surface area contributed by atoms with Crippen LogP contribution in [0.15, 0.2) is 30.5 Å². The van der Waals surface area contributed by atoms with Gasteiger partial charge in [0.05, 0.1) is 12.5 Å². The average Bonchev–Trinajstić information content (AvgIpc) is 2.65. The van der Waals surface area contributed by atoms with E-state index in [1.807, 2.05) is 26.2 Å². The fourth-order valence-electron chi connectivity index (χ4n) is 2.11. The molecule has 0 saturated carbocycles. The highest BCUT2D eigenvalue weighted by molar-refractivity contribution is 5.84. The lowest BCUT2D eigenvalue weighted by atomic mass is 10.0. The molecule has 0 fully saturated rings. The van der Waals surface area contributed by atoms with Gasteiger partial charge in [-0.1, -0.05) is 18.2 Å². The first-order chi connectivity index (χ1) is 7.77. The molecule has 0 aliphatic carbocycles. The van der Waals surface area contributed by atoms with E-state index in [4.69, 9.17) is 5.26 Å². The molecule has 0 amide bonds. The van der Waals surface area contributed by atoms with Gasteiger partial charge in [-0.2, -0.15) is 5.26 Å². The van der Waals surface area contributed by atoms with Crippen molar-refractivity contribution in [2.75, 3.05) is 7.05 Å². The molecule has 1 heterocycles. The van der Waals surface area contributed by atoms with Crippen molar-refractivity contribution in [3.63, 3.8) is 0 Å². The molecule has 0 aliphatic heterocycles. The Morgan fingerprint density at radius 1 is 1.44 bits per heavy atom. The Kier molecular flexibility index (Phi) is 2.93. The van der Waals surface area contributed by atoms with E-state index in [-0.39, 0.29) is 6.04 Å². The Morgan fingerprint density at radius 2 is 2.19 bits per heavy atom. The van der Waals surface area contributed by atoms with Gasteiger partial charge < -0.3 is 9.88 Å². The highest BCUT2D eigenvalue weighted by Gasteiger charge is 2.14. The molecule has 1 N–H and O–H groups in total. The second-order valence-corrected chi connectivity index (χ2v) is 3.92. The largest absolute Gasteiger partial charge is 0.350 e. The van der Waals surface area contributed by atoms with Crippen molar-refractivity contribution in [1.82, 2.24) is 9.88 Å². The number of hydrogen-bond acceptors (Lipinski definition) is 2. The van der Waals surface area contributed by atoms with Crippen LogP contribution in [0.2, 0.25) is 0 Å². The van der Waals surface area contributed by atoms with Crippen molar-refractivity contribution in [2.45, 2.75) is 12.5 Å². The number of rotatable bonds is 3. The minimum atomic E-state index is 0.107. The summed E-state index contributed by atoms with van der Waals surface area (Å²) >= 11 is 0. The number of nitriles is 1. The van der Waals surface area contributed by atoms with Crippen molar-refractivity contribution in [3.8, 4) is 6.07 Å². The Hall–Kier alpha value is -1.79. The highest BCUT2D eigenvalue weighted by Crippen LogP contribution is 2.27. The predicted octanol–water partition coefficient (Wildman–Crippen LogP) is 2.35. The molecule has 0 saturated heterocycles. The second kappa shape index (κ2) is 4.38. The van der Waals surface area contributed by atoms with Crippen LogP contribution >= 0.6 is 0 Å². The first-order valence-electron chi connectivity index (χ1n) is 5.36. The summed E-state index contributed by atoms with van der Waals surface area (Å²) < 4.78 is 2.10. The summed E-state index contributed by atoms with van der Waals surface area (Å²) in [7, 11) is 3.93. The number of benzene rings is 1. The third-order valence-electron chi connectivity index (χ3n) is 2.95. The summed E-state index contributed by atoms with van der Waals surface area (Å²) in [4.78, 5) is 0. The molecule has 1 aromatic carbocycles. The maximum Gasteiger partial charge on any atom is 0.0641 e. The Balaban J connectivity index is 2.56. The van der Waals surface area contributed by atoms with Crippen LogP contribution < -0.4 is 5.32 Å². The van der Waals surface area contributed by atoms with E-state index in [9.17, 15) is 0 Å². The third-order valence-corrected chi connectivity index (χ3v) is 2.95. The zero-order valence-electron chi connectivity index (χ0n) is 9.57. The molecule has 16 heavy (non-hydrogen) atoms. The number of fused-ring (bicyclic) bond motifs is 1. The minimum absolute atomic E-state index is 0.107. The Bertz CT molecular complexity index is 534. The molecule has 1 unspecified atom stereocenters. The molecule has 1 atom stereocenters. The third kappa shape index (κ3) is 1.68. The van der Waals surface area contributed by atoms with Gasteiger partial charge in [-0.05, 0) is 18.7 Å². The van der Waals surface area contributed by atoms with Crippen LogP contribution in [0, 0.1) is 11.3 Å². The molecule has 82 valence electrons. The van der Waals surface area contributed by atoms with Crippen molar-refractivity contribution >= 4 is 10.9 Å². The van der Waals surface area contributed by atoms with E-state index < -0.39 is 0 Å². The molecule has 1 aromatic heterocycles. The fourth-order valence-corrected chi connectivity index (χ4v) is 2.11. The predicted molar refractivity (Wildman–Crippen MR) is 64.9 cm³/mol. The van der Waals surface area contributed by atoms with E-state index in [0.717, 1.165) is 0 Å². The lowest BCUT2D eigenvalue weighted by molar-refractivity contribution is 0.611. The lowest BCUT2D eigenvalue weighted by Crippen LogP contribution is -2.15. The van der Waals surface area contributed by atoms with Gasteiger partial charge in [0.1, 0.15) is 0 Å². The quantitative estimate of drug-likeness (QED) is 0.850. The number of para-hydroxylation sites is 1. The van der Waals surface area contributed by atoms with Crippen LogP contribution in [0.3, 0.4) is 0 Å². The zero-order chi connectivity index (χ0) is 11.5. The molecular formula is C13H15N3. The van der Waals surface area contributed by atoms with Crippen LogP contribution in [0.5, 0.6) is 0 Å². The first kappa shape index (κ1) is 10.7. The van der Waals surface area contributed by atoms with Gasteiger partial charge in [0.25, 0.3) is 0 Å². The van der Waals surface area contributed by atoms with Crippen LogP contribution in [-0.2, 0) is 7.05 Å². The maximum absolute atomic E-state index is 8.81. The van der Waals surface area contributed by atoms with E-state index in [0.29, 0.717) is 6.42 Å². The molecule has 2 rings (SSSR count). The number of nitrogens with one attached hydrogen (secondary N) is 1. The summed E-state index contributed by atoms with van der Waals surface area (Å²) in [6, 6.07) is 10.6. The van der Waals surface area contributed by atoms with Gasteiger partial charge in [-0.3, -0.25) is 0 Å². The SMILES string of the molecule is CNC(CC#N)c1cn(C)c2ccccc12. The second-order valence-electron chi connectivity index (χ2n) is 3.92. The molecule has 0 aliphatic rings. The van der Waals surface area contributed by atoms with Gasteiger partial charge in [0.2, 0.25) is 0 Å². The van der Waals surface area contributed by atoms with Crippen molar-refractivity contribution in [2.24, 2.45) is 7.05 Å². The Morgan fingerprint density at radius 3 is 2.88 bits per heavy atom. The van der Waals surface area contributed by atoms with Gasteiger partial charge in [-0.25, -0.2) is 0 Å². The van der Waals surface area contributed by atoms with Crippen LogP contribution in [-0.4, -0.2) is 11.6 Å². The van der Waals surface area contributed by atoms with E-state index in [2.05, 4.69) is 34.3 Å². The van der Waals surface area contributed by atoms with E-state index in [1.54, 1.807) is 0 Å². The molecule has 0 radical (unpaired) electrons. The van der Waals surface area contributed by atoms with E-state index in [1.165, 1.54) is 16.5 Å². The summed E-state index contributed by atoms with van der Waals surface area (Å²) in [6.07, 6.45) is 2.59. The van der Waals surface area contributed by atoms with Gasteiger partial charge in [0.15, 0.2) is 0 Å². The monoisotopic (exact) mass is 213 g/mol. The number of aryl methyl sites for hydroxylation is 1. The molecule has 3 heteroatoms. The minimum Gasteiger partial charge on any atom is -0.350 e. The lowest BCUT2D eigenvalue weighted by Gasteiger charge is -2.11. The Labute approximate surface area is 95.3 Å². The fraction of sp³-hybridized carbons (Fsp3) is 0.308. The van der Waals surface area contributed by atoms with Crippen molar-refractivity contribution < 1.29 is 0 Å². The molecule has 0 spiro atoms. The number of nitrogens with zero attached hydrogens (tertiary/aromatic N) is 2. The standard InChI is InChI=1S/C13H15N3/c1-15-12(7-8-14)11-9-16(2)13-6-4-3-5-10(11)13/h3-6,9,12,15H,7H2,1-2H3. The summed E-state index contributed by atoms with van der Waals surface area (Å²) in [5.74, 6) is 0. The van der Waals surface area contributed by atoms with Crippen molar-refractivity contribution in [1.29, 1.82) is 5.26 Å². The summed E-state index contributed by atoms with van der Waals surface area (Å²) in [5.41, 5.74) is 2.40.